The SMILES string of the molecule is CCCCCCCCCCCCOCC(C)(C)CO. The van der Waals surface area contributed by atoms with Crippen LogP contribution in [-0.2, 0) is 4.74 Å². The van der Waals surface area contributed by atoms with Crippen molar-refractivity contribution in [2.75, 3.05) is 19.8 Å². The number of hydrogen-bond acceptors (Lipinski definition) is 2. The Bertz CT molecular complexity index is 178. The highest BCUT2D eigenvalue weighted by molar-refractivity contribution is 4.65. The van der Waals surface area contributed by atoms with Crippen LogP contribution < -0.4 is 0 Å². The summed E-state index contributed by atoms with van der Waals surface area (Å²) in [5.41, 5.74) is -0.0848. The van der Waals surface area contributed by atoms with Crippen molar-refractivity contribution in [3.63, 3.8) is 0 Å². The highest BCUT2D eigenvalue weighted by Crippen LogP contribution is 2.14. The fourth-order valence-electron chi connectivity index (χ4n) is 2.09. The molecule has 0 aliphatic rings. The Morgan fingerprint density at radius 3 is 1.74 bits per heavy atom. The van der Waals surface area contributed by atoms with Crippen LogP contribution in [0.2, 0.25) is 0 Å². The molecule has 0 aromatic heterocycles. The minimum atomic E-state index is -0.0848. The van der Waals surface area contributed by atoms with Gasteiger partial charge in [-0.3, -0.25) is 0 Å². The van der Waals surface area contributed by atoms with Crippen LogP contribution in [0.15, 0.2) is 0 Å². The maximum Gasteiger partial charge on any atom is 0.0539 e. The summed E-state index contributed by atoms with van der Waals surface area (Å²) in [5, 5.41) is 9.09. The fourth-order valence-corrected chi connectivity index (χ4v) is 2.09. The molecule has 116 valence electrons. The lowest BCUT2D eigenvalue weighted by Crippen LogP contribution is -2.23. The number of aliphatic hydroxyl groups is 1. The van der Waals surface area contributed by atoms with E-state index < -0.39 is 0 Å². The smallest absolute Gasteiger partial charge is 0.0539 e. The van der Waals surface area contributed by atoms with Crippen LogP contribution in [0, 0.1) is 5.41 Å². The van der Waals surface area contributed by atoms with Crippen molar-refractivity contribution in [2.24, 2.45) is 5.41 Å². The van der Waals surface area contributed by atoms with Crippen LogP contribution >= 0.6 is 0 Å². The Morgan fingerprint density at radius 2 is 1.26 bits per heavy atom. The molecule has 0 heterocycles. The Hall–Kier alpha value is -0.0800. The van der Waals surface area contributed by atoms with E-state index in [0.29, 0.717) is 6.61 Å². The zero-order chi connectivity index (χ0) is 14.4. The normalized spacial score (nSPS) is 12.0. The molecule has 0 bridgehead atoms. The third kappa shape index (κ3) is 14.1. The van der Waals surface area contributed by atoms with Crippen molar-refractivity contribution in [3.05, 3.63) is 0 Å². The maximum absolute atomic E-state index is 9.09. The number of aliphatic hydroxyl groups excluding tert-OH is 1. The maximum atomic E-state index is 9.09. The van der Waals surface area contributed by atoms with E-state index in [-0.39, 0.29) is 12.0 Å². The van der Waals surface area contributed by atoms with Gasteiger partial charge >= 0.3 is 0 Å². The zero-order valence-corrected chi connectivity index (χ0v) is 13.5. The summed E-state index contributed by atoms with van der Waals surface area (Å²) < 4.78 is 5.60. The van der Waals surface area contributed by atoms with E-state index in [1.165, 1.54) is 57.8 Å². The van der Waals surface area contributed by atoms with Gasteiger partial charge in [-0.25, -0.2) is 0 Å². The average Bonchev–Trinajstić information content (AvgIpc) is 2.40. The first-order valence-electron chi connectivity index (χ1n) is 8.31. The number of hydrogen-bond donors (Lipinski definition) is 1. The Labute approximate surface area is 120 Å². The van der Waals surface area contributed by atoms with E-state index >= 15 is 0 Å². The lowest BCUT2D eigenvalue weighted by Gasteiger charge is -2.21. The van der Waals surface area contributed by atoms with Gasteiger partial charge in [-0.2, -0.15) is 0 Å². The Kier molecular flexibility index (Phi) is 12.9. The van der Waals surface area contributed by atoms with Gasteiger partial charge in [-0.1, -0.05) is 78.6 Å². The van der Waals surface area contributed by atoms with Crippen molar-refractivity contribution in [2.45, 2.75) is 85.0 Å². The van der Waals surface area contributed by atoms with E-state index in [2.05, 4.69) is 6.92 Å². The second-order valence-electron chi connectivity index (χ2n) is 6.56. The highest BCUT2D eigenvalue weighted by Gasteiger charge is 2.15. The van der Waals surface area contributed by atoms with E-state index in [4.69, 9.17) is 9.84 Å². The third-order valence-corrected chi connectivity index (χ3v) is 3.56. The summed E-state index contributed by atoms with van der Waals surface area (Å²) in [6.45, 7) is 8.05. The van der Waals surface area contributed by atoms with Gasteiger partial charge in [0.15, 0.2) is 0 Å². The molecule has 0 fully saturated rings. The minimum absolute atomic E-state index is 0.0848. The molecule has 0 rings (SSSR count). The molecule has 0 aliphatic carbocycles. The van der Waals surface area contributed by atoms with Crippen molar-refractivity contribution < 1.29 is 9.84 Å². The number of unbranched alkanes of at least 4 members (excludes halogenated alkanes) is 9. The van der Waals surface area contributed by atoms with Gasteiger partial charge < -0.3 is 9.84 Å². The number of ether oxygens (including phenoxy) is 1. The summed E-state index contributed by atoms with van der Waals surface area (Å²) in [7, 11) is 0. The second kappa shape index (κ2) is 12.9. The molecule has 0 atom stereocenters. The van der Waals surface area contributed by atoms with Crippen molar-refractivity contribution >= 4 is 0 Å². The monoisotopic (exact) mass is 272 g/mol. The molecule has 2 nitrogen and oxygen atoms in total. The third-order valence-electron chi connectivity index (χ3n) is 3.56. The summed E-state index contributed by atoms with van der Waals surface area (Å²) in [6, 6.07) is 0. The first kappa shape index (κ1) is 18.9. The van der Waals surface area contributed by atoms with Crippen molar-refractivity contribution in [3.8, 4) is 0 Å². The van der Waals surface area contributed by atoms with Gasteiger partial charge in [0.05, 0.1) is 13.2 Å². The van der Waals surface area contributed by atoms with Crippen LogP contribution in [0.1, 0.15) is 85.0 Å². The predicted octanol–water partition coefficient (Wildman–Crippen LogP) is 4.94. The molecular weight excluding hydrogens is 236 g/mol. The van der Waals surface area contributed by atoms with Crippen LogP contribution in [-0.4, -0.2) is 24.9 Å². The molecule has 0 radical (unpaired) electrons. The first-order valence-corrected chi connectivity index (χ1v) is 8.31. The summed E-state index contributed by atoms with van der Waals surface area (Å²) in [6.07, 6.45) is 13.6. The van der Waals surface area contributed by atoms with Gasteiger partial charge in [0.25, 0.3) is 0 Å². The highest BCUT2D eigenvalue weighted by atomic mass is 16.5. The predicted molar refractivity (Wildman–Crippen MR) is 83.5 cm³/mol. The standard InChI is InChI=1S/C17H36O2/c1-4-5-6-7-8-9-10-11-12-13-14-19-16-17(2,3)15-18/h18H,4-16H2,1-3H3. The summed E-state index contributed by atoms with van der Waals surface area (Å²) in [4.78, 5) is 0. The zero-order valence-electron chi connectivity index (χ0n) is 13.5. The van der Waals surface area contributed by atoms with Gasteiger partial charge in [-0.15, -0.1) is 0 Å². The molecule has 0 aromatic carbocycles. The summed E-state index contributed by atoms with van der Waals surface area (Å²) in [5.74, 6) is 0. The largest absolute Gasteiger partial charge is 0.396 e. The minimum Gasteiger partial charge on any atom is -0.396 e. The van der Waals surface area contributed by atoms with E-state index in [0.717, 1.165) is 13.0 Å². The van der Waals surface area contributed by atoms with Crippen molar-refractivity contribution in [1.82, 2.24) is 0 Å². The molecule has 0 saturated carbocycles. The van der Waals surface area contributed by atoms with Gasteiger partial charge in [0, 0.05) is 12.0 Å². The lowest BCUT2D eigenvalue weighted by molar-refractivity contribution is 0.0265. The topological polar surface area (TPSA) is 29.5 Å². The molecule has 2 heteroatoms. The van der Waals surface area contributed by atoms with Gasteiger partial charge in [0.1, 0.15) is 0 Å². The molecule has 0 amide bonds. The van der Waals surface area contributed by atoms with Gasteiger partial charge in [-0.05, 0) is 6.42 Å². The van der Waals surface area contributed by atoms with Crippen LogP contribution in [0.3, 0.4) is 0 Å². The molecule has 1 N–H and O–H groups in total. The Balaban J connectivity index is 3.07. The second-order valence-corrected chi connectivity index (χ2v) is 6.56. The molecule has 0 unspecified atom stereocenters. The molecular formula is C17H36O2. The fraction of sp³-hybridized carbons (Fsp3) is 1.00. The van der Waals surface area contributed by atoms with Crippen molar-refractivity contribution in [1.29, 1.82) is 0 Å². The number of rotatable bonds is 14. The van der Waals surface area contributed by atoms with E-state index in [1.807, 2.05) is 13.8 Å². The average molecular weight is 272 g/mol. The lowest BCUT2D eigenvalue weighted by atomic mass is 9.97. The van der Waals surface area contributed by atoms with Gasteiger partial charge in [0.2, 0.25) is 0 Å². The quantitative estimate of drug-likeness (QED) is 0.454. The molecule has 0 saturated heterocycles. The molecule has 0 spiro atoms. The molecule has 0 aromatic rings. The van der Waals surface area contributed by atoms with Crippen LogP contribution in [0.4, 0.5) is 0 Å². The first-order chi connectivity index (χ1) is 9.12. The van der Waals surface area contributed by atoms with Crippen LogP contribution in [0.25, 0.3) is 0 Å². The summed E-state index contributed by atoms with van der Waals surface area (Å²) >= 11 is 0. The Morgan fingerprint density at radius 1 is 0.789 bits per heavy atom. The molecule has 0 aliphatic heterocycles. The van der Waals surface area contributed by atoms with E-state index in [9.17, 15) is 0 Å². The molecule has 19 heavy (non-hydrogen) atoms. The van der Waals surface area contributed by atoms with Crippen LogP contribution in [0.5, 0.6) is 0 Å². The van der Waals surface area contributed by atoms with E-state index in [1.54, 1.807) is 0 Å².